The van der Waals surface area contributed by atoms with Crippen molar-refractivity contribution in [1.82, 2.24) is 5.32 Å². The van der Waals surface area contributed by atoms with E-state index in [9.17, 15) is 4.79 Å². The molecule has 0 heterocycles. The molecule has 0 spiro atoms. The topological polar surface area (TPSA) is 64.4 Å². The van der Waals surface area contributed by atoms with Gasteiger partial charge in [0.2, 0.25) is 5.91 Å². The van der Waals surface area contributed by atoms with E-state index in [0.29, 0.717) is 19.6 Å². The van der Waals surface area contributed by atoms with Crippen LogP contribution in [0.4, 0.5) is 0 Å². The van der Waals surface area contributed by atoms with Crippen LogP contribution in [0.5, 0.6) is 5.75 Å². The Morgan fingerprint density at radius 3 is 2.50 bits per heavy atom. The first-order chi connectivity index (χ1) is 8.95. The fourth-order valence-corrected chi connectivity index (χ4v) is 1.80. The third-order valence-electron chi connectivity index (χ3n) is 2.97. The maximum atomic E-state index is 11.8. The maximum Gasteiger partial charge on any atom is 0.239 e. The molecule has 1 aromatic rings. The summed E-state index contributed by atoms with van der Waals surface area (Å²) in [5.41, 5.74) is 6.33. The van der Waals surface area contributed by atoms with Crippen molar-refractivity contribution in [3.8, 4) is 5.75 Å². The molecular weight excluding hydrogens is 276 g/mol. The lowest BCUT2D eigenvalue weighted by Crippen LogP contribution is -2.52. The summed E-state index contributed by atoms with van der Waals surface area (Å²) in [6.45, 7) is 6.70. The highest BCUT2D eigenvalue weighted by atomic mass is 35.5. The number of aryl methyl sites for hydroxylation is 1. The van der Waals surface area contributed by atoms with Crippen molar-refractivity contribution < 1.29 is 9.53 Å². The number of nitrogens with two attached hydrogens (primary N) is 1. The van der Waals surface area contributed by atoms with Crippen molar-refractivity contribution in [3.05, 3.63) is 29.8 Å². The minimum absolute atomic E-state index is 0. The standard InChI is InChI=1S/C15H24N2O2.ClH/c1-4-9-15(3,16)14(18)17-10-11-19-13-7-5-12(2)6-8-13;/h5-8H,4,9-11,16H2,1-3H3,(H,17,18);1H. The lowest BCUT2D eigenvalue weighted by atomic mass is 9.97. The van der Waals surface area contributed by atoms with Crippen LogP contribution >= 0.6 is 12.4 Å². The molecule has 1 atom stereocenters. The Morgan fingerprint density at radius 1 is 1.35 bits per heavy atom. The molecule has 0 saturated heterocycles. The first-order valence-electron chi connectivity index (χ1n) is 6.72. The largest absolute Gasteiger partial charge is 0.492 e. The molecule has 1 amide bonds. The summed E-state index contributed by atoms with van der Waals surface area (Å²) in [6.07, 6.45) is 1.57. The third-order valence-corrected chi connectivity index (χ3v) is 2.97. The molecule has 114 valence electrons. The molecule has 0 fully saturated rings. The predicted octanol–water partition coefficient (Wildman–Crippen LogP) is 2.43. The van der Waals surface area contributed by atoms with Crippen LogP contribution < -0.4 is 15.8 Å². The number of carbonyl (C=O) groups is 1. The molecule has 0 radical (unpaired) electrons. The first-order valence-corrected chi connectivity index (χ1v) is 6.72. The zero-order valence-electron chi connectivity index (χ0n) is 12.4. The van der Waals surface area contributed by atoms with Gasteiger partial charge in [-0.25, -0.2) is 0 Å². The van der Waals surface area contributed by atoms with Gasteiger partial charge in [-0.2, -0.15) is 0 Å². The minimum Gasteiger partial charge on any atom is -0.492 e. The van der Waals surface area contributed by atoms with Crippen molar-refractivity contribution >= 4 is 18.3 Å². The van der Waals surface area contributed by atoms with E-state index in [-0.39, 0.29) is 18.3 Å². The van der Waals surface area contributed by atoms with Gasteiger partial charge in [-0.15, -0.1) is 12.4 Å². The van der Waals surface area contributed by atoms with Gasteiger partial charge in [0.05, 0.1) is 12.1 Å². The number of hydrogen-bond donors (Lipinski definition) is 2. The van der Waals surface area contributed by atoms with E-state index in [1.165, 1.54) is 5.56 Å². The number of hydrogen-bond acceptors (Lipinski definition) is 3. The van der Waals surface area contributed by atoms with Gasteiger partial charge >= 0.3 is 0 Å². The summed E-state index contributed by atoms with van der Waals surface area (Å²) in [5.74, 6) is 0.686. The lowest BCUT2D eigenvalue weighted by Gasteiger charge is -2.22. The molecule has 1 aromatic carbocycles. The number of rotatable bonds is 7. The van der Waals surface area contributed by atoms with Gasteiger partial charge in [0.1, 0.15) is 12.4 Å². The molecule has 0 saturated carbocycles. The average Bonchev–Trinajstić information content (AvgIpc) is 2.36. The zero-order chi connectivity index (χ0) is 14.3. The van der Waals surface area contributed by atoms with Crippen LogP contribution in [0.2, 0.25) is 0 Å². The molecular formula is C15H25ClN2O2. The van der Waals surface area contributed by atoms with Crippen LogP contribution in [-0.2, 0) is 4.79 Å². The Morgan fingerprint density at radius 2 is 1.95 bits per heavy atom. The highest BCUT2D eigenvalue weighted by Crippen LogP contribution is 2.11. The van der Waals surface area contributed by atoms with Gasteiger partial charge in [0.15, 0.2) is 0 Å². The van der Waals surface area contributed by atoms with Gasteiger partial charge in [0.25, 0.3) is 0 Å². The quantitative estimate of drug-likeness (QED) is 0.760. The van der Waals surface area contributed by atoms with Gasteiger partial charge in [-0.3, -0.25) is 4.79 Å². The highest BCUT2D eigenvalue weighted by molar-refractivity contribution is 5.85. The number of benzene rings is 1. The second-order valence-corrected chi connectivity index (χ2v) is 5.08. The third kappa shape index (κ3) is 6.26. The van der Waals surface area contributed by atoms with E-state index in [1.54, 1.807) is 6.92 Å². The van der Waals surface area contributed by atoms with E-state index in [0.717, 1.165) is 12.2 Å². The Hall–Kier alpha value is -1.26. The van der Waals surface area contributed by atoms with E-state index in [1.807, 2.05) is 38.1 Å². The van der Waals surface area contributed by atoms with Crippen molar-refractivity contribution in [3.63, 3.8) is 0 Å². The highest BCUT2D eigenvalue weighted by Gasteiger charge is 2.26. The number of ether oxygens (including phenoxy) is 1. The second kappa shape index (κ2) is 8.82. The molecule has 5 heteroatoms. The summed E-state index contributed by atoms with van der Waals surface area (Å²) in [6, 6.07) is 7.82. The summed E-state index contributed by atoms with van der Waals surface area (Å²) >= 11 is 0. The Kier molecular flexibility index (Phi) is 8.26. The zero-order valence-corrected chi connectivity index (χ0v) is 13.3. The monoisotopic (exact) mass is 300 g/mol. The summed E-state index contributed by atoms with van der Waals surface area (Å²) in [4.78, 5) is 11.8. The molecule has 1 rings (SSSR count). The first kappa shape index (κ1) is 18.7. The fraction of sp³-hybridized carbons (Fsp3) is 0.533. The van der Waals surface area contributed by atoms with Gasteiger partial charge in [-0.05, 0) is 32.4 Å². The summed E-state index contributed by atoms with van der Waals surface area (Å²) in [7, 11) is 0. The van der Waals surface area contributed by atoms with Crippen LogP contribution in [0.25, 0.3) is 0 Å². The molecule has 4 nitrogen and oxygen atoms in total. The Labute approximate surface area is 127 Å². The van der Waals surface area contributed by atoms with Crippen molar-refractivity contribution in [2.45, 2.75) is 39.2 Å². The molecule has 1 unspecified atom stereocenters. The summed E-state index contributed by atoms with van der Waals surface area (Å²) < 4.78 is 5.53. The molecule has 3 N–H and O–H groups in total. The maximum absolute atomic E-state index is 11.8. The molecule has 0 aliphatic carbocycles. The van der Waals surface area contributed by atoms with E-state index in [4.69, 9.17) is 10.5 Å². The molecule has 0 aliphatic heterocycles. The predicted molar refractivity (Wildman–Crippen MR) is 84.4 cm³/mol. The van der Waals surface area contributed by atoms with Crippen molar-refractivity contribution in [1.29, 1.82) is 0 Å². The van der Waals surface area contributed by atoms with Crippen LogP contribution in [0, 0.1) is 6.92 Å². The number of carbonyl (C=O) groups excluding carboxylic acids is 1. The van der Waals surface area contributed by atoms with E-state index < -0.39 is 5.54 Å². The van der Waals surface area contributed by atoms with E-state index in [2.05, 4.69) is 5.32 Å². The van der Waals surface area contributed by atoms with Crippen LogP contribution in [0.1, 0.15) is 32.3 Å². The Balaban J connectivity index is 0.00000361. The second-order valence-electron chi connectivity index (χ2n) is 5.08. The van der Waals surface area contributed by atoms with Gasteiger partial charge < -0.3 is 15.8 Å². The molecule has 20 heavy (non-hydrogen) atoms. The van der Waals surface area contributed by atoms with Crippen LogP contribution in [-0.4, -0.2) is 24.6 Å². The molecule has 0 aliphatic rings. The summed E-state index contributed by atoms with van der Waals surface area (Å²) in [5, 5.41) is 2.80. The molecule has 0 bridgehead atoms. The average molecular weight is 301 g/mol. The van der Waals surface area contributed by atoms with Gasteiger partial charge in [-0.1, -0.05) is 31.0 Å². The van der Waals surface area contributed by atoms with Crippen molar-refractivity contribution in [2.75, 3.05) is 13.2 Å². The lowest BCUT2D eigenvalue weighted by molar-refractivity contribution is -0.126. The number of amides is 1. The smallest absolute Gasteiger partial charge is 0.239 e. The number of halogens is 1. The van der Waals surface area contributed by atoms with Crippen LogP contribution in [0.15, 0.2) is 24.3 Å². The number of nitrogens with one attached hydrogen (secondary N) is 1. The SMILES string of the molecule is CCCC(C)(N)C(=O)NCCOc1ccc(C)cc1.Cl. The molecule has 0 aromatic heterocycles. The van der Waals surface area contributed by atoms with Crippen molar-refractivity contribution in [2.24, 2.45) is 5.73 Å². The van der Waals surface area contributed by atoms with Gasteiger partial charge in [0, 0.05) is 0 Å². The Bertz CT molecular complexity index is 405. The van der Waals surface area contributed by atoms with Crippen LogP contribution in [0.3, 0.4) is 0 Å². The normalized spacial score (nSPS) is 13.0. The minimum atomic E-state index is -0.793. The van der Waals surface area contributed by atoms with E-state index >= 15 is 0 Å². The fourth-order valence-electron chi connectivity index (χ4n) is 1.80.